The van der Waals surface area contributed by atoms with E-state index in [2.05, 4.69) is 4.90 Å². The lowest BCUT2D eigenvalue weighted by molar-refractivity contribution is -0.125. The first-order valence-electron chi connectivity index (χ1n) is 7.50. The standard InChI is InChI=1S/C18H15Cl4NO/c1-23-17(10-2-4-13(19)15(21)6-10)8-12(24)9-18(23)11-3-5-14(20)16(22)7-11/h2-7,17-18H,8-9H2,1H3. The average Bonchev–Trinajstić information content (AvgIpc) is 2.54. The molecule has 0 radical (unpaired) electrons. The van der Waals surface area contributed by atoms with Crippen LogP contribution < -0.4 is 0 Å². The summed E-state index contributed by atoms with van der Waals surface area (Å²) in [4.78, 5) is 14.5. The zero-order valence-electron chi connectivity index (χ0n) is 12.9. The lowest BCUT2D eigenvalue weighted by atomic mass is 9.87. The summed E-state index contributed by atoms with van der Waals surface area (Å²) >= 11 is 24.3. The number of benzene rings is 2. The van der Waals surface area contributed by atoms with E-state index in [1.54, 1.807) is 12.1 Å². The molecule has 126 valence electrons. The highest BCUT2D eigenvalue weighted by Gasteiger charge is 2.34. The molecule has 2 aromatic rings. The summed E-state index contributed by atoms with van der Waals surface area (Å²) in [6.07, 6.45) is 0.901. The molecule has 3 rings (SSSR count). The molecule has 0 aromatic heterocycles. The topological polar surface area (TPSA) is 20.3 Å². The third-order valence-corrected chi connectivity index (χ3v) is 5.96. The average molecular weight is 403 g/mol. The Kier molecular flexibility index (Phi) is 5.43. The van der Waals surface area contributed by atoms with Crippen LogP contribution in [0.4, 0.5) is 0 Å². The van der Waals surface area contributed by atoms with Gasteiger partial charge < -0.3 is 0 Å². The van der Waals surface area contributed by atoms with Gasteiger partial charge in [-0.25, -0.2) is 0 Å². The Morgan fingerprint density at radius 2 is 1.21 bits per heavy atom. The van der Waals surface area contributed by atoms with Crippen molar-refractivity contribution in [3.05, 3.63) is 67.6 Å². The van der Waals surface area contributed by atoms with Crippen molar-refractivity contribution < 1.29 is 4.79 Å². The van der Waals surface area contributed by atoms with Crippen molar-refractivity contribution >= 4 is 52.2 Å². The second-order valence-electron chi connectivity index (χ2n) is 5.99. The molecule has 0 saturated carbocycles. The second-order valence-corrected chi connectivity index (χ2v) is 7.62. The predicted octanol–water partition coefficient (Wildman–Crippen LogP) is 6.38. The van der Waals surface area contributed by atoms with Crippen LogP contribution in [0.2, 0.25) is 20.1 Å². The minimum absolute atomic E-state index is 0.0551. The monoisotopic (exact) mass is 401 g/mol. The molecule has 2 nitrogen and oxygen atoms in total. The van der Waals surface area contributed by atoms with E-state index >= 15 is 0 Å². The molecular formula is C18H15Cl4NO. The fraction of sp³-hybridized carbons (Fsp3) is 0.278. The molecule has 2 unspecified atom stereocenters. The van der Waals surface area contributed by atoms with E-state index in [4.69, 9.17) is 46.4 Å². The molecule has 0 amide bonds. The SMILES string of the molecule is CN1C(c2ccc(Cl)c(Cl)c2)CC(=O)CC1c1ccc(Cl)c(Cl)c1. The summed E-state index contributed by atoms with van der Waals surface area (Å²) in [5.41, 5.74) is 1.95. The van der Waals surface area contributed by atoms with Crippen LogP contribution in [0, 0.1) is 0 Å². The number of piperidine rings is 1. The molecule has 1 aliphatic rings. The van der Waals surface area contributed by atoms with Gasteiger partial charge in [0.05, 0.1) is 20.1 Å². The largest absolute Gasteiger partial charge is 0.300 e. The van der Waals surface area contributed by atoms with Gasteiger partial charge in [0.2, 0.25) is 0 Å². The summed E-state index contributed by atoms with van der Waals surface area (Å²) in [6, 6.07) is 10.9. The van der Waals surface area contributed by atoms with Crippen LogP contribution in [0.5, 0.6) is 0 Å². The van der Waals surface area contributed by atoms with E-state index < -0.39 is 0 Å². The van der Waals surface area contributed by atoms with Gasteiger partial charge in [-0.15, -0.1) is 0 Å². The van der Waals surface area contributed by atoms with Crippen LogP contribution in [-0.4, -0.2) is 17.7 Å². The molecule has 1 fully saturated rings. The number of carbonyl (C=O) groups is 1. The molecule has 2 aromatic carbocycles. The van der Waals surface area contributed by atoms with E-state index in [9.17, 15) is 4.79 Å². The molecule has 0 spiro atoms. The Labute approximate surface area is 161 Å². The van der Waals surface area contributed by atoms with Gasteiger partial charge in [0.15, 0.2) is 0 Å². The van der Waals surface area contributed by atoms with Gasteiger partial charge in [-0.05, 0) is 42.4 Å². The fourth-order valence-corrected chi connectivity index (χ4v) is 3.78. The molecular weight excluding hydrogens is 388 g/mol. The first-order valence-corrected chi connectivity index (χ1v) is 9.01. The number of rotatable bonds is 2. The van der Waals surface area contributed by atoms with E-state index in [1.165, 1.54) is 0 Å². The van der Waals surface area contributed by atoms with Crippen LogP contribution in [0.15, 0.2) is 36.4 Å². The molecule has 1 saturated heterocycles. The fourth-order valence-electron chi connectivity index (χ4n) is 3.17. The van der Waals surface area contributed by atoms with Crippen LogP contribution in [0.25, 0.3) is 0 Å². The van der Waals surface area contributed by atoms with E-state index in [0.29, 0.717) is 32.9 Å². The summed E-state index contributed by atoms with van der Waals surface area (Å²) in [5, 5.41) is 2.00. The molecule has 0 aliphatic carbocycles. The Bertz CT molecular complexity index is 729. The Morgan fingerprint density at radius 3 is 1.58 bits per heavy atom. The number of likely N-dealkylation sites (tertiary alicyclic amines) is 1. The molecule has 1 aliphatic heterocycles. The van der Waals surface area contributed by atoms with Crippen LogP contribution in [0.3, 0.4) is 0 Å². The Balaban J connectivity index is 1.95. The zero-order chi connectivity index (χ0) is 17.4. The quantitative estimate of drug-likeness (QED) is 0.580. The molecule has 0 N–H and O–H groups in total. The maximum absolute atomic E-state index is 12.3. The number of halogens is 4. The van der Waals surface area contributed by atoms with E-state index in [0.717, 1.165) is 11.1 Å². The van der Waals surface area contributed by atoms with Crippen molar-refractivity contribution in [2.45, 2.75) is 24.9 Å². The maximum atomic E-state index is 12.3. The van der Waals surface area contributed by atoms with Crippen LogP contribution in [0.1, 0.15) is 36.1 Å². The molecule has 6 heteroatoms. The lowest BCUT2D eigenvalue weighted by Crippen LogP contribution is -2.37. The van der Waals surface area contributed by atoms with Crippen molar-refractivity contribution in [2.75, 3.05) is 7.05 Å². The van der Waals surface area contributed by atoms with Crippen LogP contribution >= 0.6 is 46.4 Å². The third-order valence-electron chi connectivity index (χ3n) is 4.48. The predicted molar refractivity (Wildman–Crippen MR) is 100 cm³/mol. The van der Waals surface area contributed by atoms with Gasteiger partial charge in [-0.2, -0.15) is 0 Å². The molecule has 24 heavy (non-hydrogen) atoms. The lowest BCUT2D eigenvalue weighted by Gasteiger charge is -2.39. The second kappa shape index (κ2) is 7.23. The Hall–Kier alpha value is -0.770. The summed E-state index contributed by atoms with van der Waals surface area (Å²) in [5.74, 6) is 0.209. The van der Waals surface area contributed by atoms with Crippen molar-refractivity contribution in [3.8, 4) is 0 Å². The number of nitrogens with zero attached hydrogens (tertiary/aromatic N) is 1. The minimum Gasteiger partial charge on any atom is -0.300 e. The third kappa shape index (κ3) is 3.58. The first kappa shape index (κ1) is 18.0. The van der Waals surface area contributed by atoms with Gasteiger partial charge in [0.25, 0.3) is 0 Å². The van der Waals surface area contributed by atoms with Gasteiger partial charge in [-0.3, -0.25) is 9.69 Å². The van der Waals surface area contributed by atoms with Gasteiger partial charge in [0.1, 0.15) is 5.78 Å². The maximum Gasteiger partial charge on any atom is 0.136 e. The summed E-state index contributed by atoms with van der Waals surface area (Å²) in [7, 11) is 2.01. The normalized spacial score (nSPS) is 22.0. The zero-order valence-corrected chi connectivity index (χ0v) is 15.9. The van der Waals surface area contributed by atoms with Crippen molar-refractivity contribution in [1.29, 1.82) is 0 Å². The highest BCUT2D eigenvalue weighted by atomic mass is 35.5. The molecule has 2 atom stereocenters. The highest BCUT2D eigenvalue weighted by molar-refractivity contribution is 6.42. The number of ketones is 1. The highest BCUT2D eigenvalue weighted by Crippen LogP contribution is 2.41. The molecule has 0 bridgehead atoms. The first-order chi connectivity index (χ1) is 11.4. The minimum atomic E-state index is -0.0551. The Morgan fingerprint density at radius 1 is 0.792 bits per heavy atom. The van der Waals surface area contributed by atoms with Gasteiger partial charge >= 0.3 is 0 Å². The summed E-state index contributed by atoms with van der Waals surface area (Å²) in [6.45, 7) is 0. The van der Waals surface area contributed by atoms with E-state index in [-0.39, 0.29) is 17.9 Å². The number of carbonyl (C=O) groups excluding carboxylic acids is 1. The smallest absolute Gasteiger partial charge is 0.136 e. The van der Waals surface area contributed by atoms with Crippen molar-refractivity contribution in [2.24, 2.45) is 0 Å². The molecule has 1 heterocycles. The number of hydrogen-bond acceptors (Lipinski definition) is 2. The number of hydrogen-bond donors (Lipinski definition) is 0. The van der Waals surface area contributed by atoms with Gasteiger partial charge in [0, 0.05) is 24.9 Å². The van der Waals surface area contributed by atoms with E-state index in [1.807, 2.05) is 31.3 Å². The van der Waals surface area contributed by atoms with Crippen LogP contribution in [-0.2, 0) is 4.79 Å². The number of Topliss-reactive ketones (excluding diaryl/α,β-unsaturated/α-hetero) is 1. The van der Waals surface area contributed by atoms with Crippen molar-refractivity contribution in [1.82, 2.24) is 4.90 Å². The summed E-state index contributed by atoms with van der Waals surface area (Å²) < 4.78 is 0. The van der Waals surface area contributed by atoms with Crippen molar-refractivity contribution in [3.63, 3.8) is 0 Å². The van der Waals surface area contributed by atoms with Gasteiger partial charge in [-0.1, -0.05) is 58.5 Å².